The van der Waals surface area contributed by atoms with Gasteiger partial charge in [-0.15, -0.1) is 0 Å². The van der Waals surface area contributed by atoms with Crippen LogP contribution in [0.5, 0.6) is 0 Å². The summed E-state index contributed by atoms with van der Waals surface area (Å²) in [4.78, 5) is 10.2. The molecule has 8 nitrogen and oxygen atoms in total. The number of likely N-dealkylation sites (N-methyl/N-ethyl adjacent to an activating group) is 1. The zero-order chi connectivity index (χ0) is 16.3. The summed E-state index contributed by atoms with van der Waals surface area (Å²) in [6.07, 6.45) is 0.0175. The van der Waals surface area contributed by atoms with Gasteiger partial charge in [-0.05, 0) is 7.05 Å². The van der Waals surface area contributed by atoms with E-state index in [9.17, 15) is 4.79 Å². The van der Waals surface area contributed by atoms with Gasteiger partial charge in [0, 0.05) is 6.54 Å². The first-order valence-electron chi connectivity index (χ1n) is 7.52. The minimum Gasteiger partial charge on any atom is -0.481 e. The summed E-state index contributed by atoms with van der Waals surface area (Å²) in [6.45, 7) is 5.76. The lowest BCUT2D eigenvalue weighted by molar-refractivity contribution is -0.138. The molecular formula is C14H29NO7. The van der Waals surface area contributed by atoms with E-state index in [2.05, 4.69) is 5.32 Å². The summed E-state index contributed by atoms with van der Waals surface area (Å²) in [5, 5.41) is 11.4. The molecule has 0 aliphatic heterocycles. The predicted molar refractivity (Wildman–Crippen MR) is 80.3 cm³/mol. The highest BCUT2D eigenvalue weighted by atomic mass is 16.6. The molecule has 0 aromatic carbocycles. The van der Waals surface area contributed by atoms with Crippen LogP contribution in [-0.4, -0.2) is 90.7 Å². The largest absolute Gasteiger partial charge is 0.481 e. The summed E-state index contributed by atoms with van der Waals surface area (Å²) < 4.78 is 26.3. The highest BCUT2D eigenvalue weighted by molar-refractivity contribution is 5.66. The third-order valence-corrected chi connectivity index (χ3v) is 2.44. The summed E-state index contributed by atoms with van der Waals surface area (Å²) in [5.74, 6) is -0.860. The van der Waals surface area contributed by atoms with Gasteiger partial charge in [0.15, 0.2) is 0 Å². The van der Waals surface area contributed by atoms with E-state index in [4.69, 9.17) is 28.8 Å². The first kappa shape index (κ1) is 21.2. The quantitative estimate of drug-likeness (QED) is 0.334. The van der Waals surface area contributed by atoms with E-state index in [1.165, 1.54) is 0 Å². The van der Waals surface area contributed by atoms with Crippen LogP contribution in [0.15, 0.2) is 0 Å². The van der Waals surface area contributed by atoms with Crippen molar-refractivity contribution >= 4 is 5.97 Å². The average Bonchev–Trinajstić information content (AvgIpc) is 2.50. The van der Waals surface area contributed by atoms with Crippen LogP contribution >= 0.6 is 0 Å². The molecule has 0 bridgehead atoms. The van der Waals surface area contributed by atoms with Crippen molar-refractivity contribution in [2.75, 3.05) is 79.7 Å². The Hall–Kier alpha value is -0.770. The number of hydrogen-bond donors (Lipinski definition) is 2. The van der Waals surface area contributed by atoms with Gasteiger partial charge in [-0.25, -0.2) is 0 Å². The summed E-state index contributed by atoms with van der Waals surface area (Å²) in [6, 6.07) is 0. The van der Waals surface area contributed by atoms with Crippen molar-refractivity contribution in [2.45, 2.75) is 6.42 Å². The Balaban J connectivity index is 2.95. The van der Waals surface area contributed by atoms with E-state index in [0.29, 0.717) is 59.5 Å². The number of carbonyl (C=O) groups is 1. The van der Waals surface area contributed by atoms with Gasteiger partial charge >= 0.3 is 5.97 Å². The molecule has 0 aromatic heterocycles. The minimum absolute atomic E-state index is 0.0175. The van der Waals surface area contributed by atoms with Crippen LogP contribution in [0.2, 0.25) is 0 Å². The standard InChI is InChI=1S/C14H29NO7/c1-15-3-5-19-7-9-21-11-13-22-12-10-20-8-6-18-4-2-14(16)17/h15H,2-13H2,1H3,(H,16,17). The van der Waals surface area contributed by atoms with E-state index in [1.54, 1.807) is 0 Å². The van der Waals surface area contributed by atoms with Crippen molar-refractivity contribution < 1.29 is 33.6 Å². The molecule has 0 atom stereocenters. The summed E-state index contributed by atoms with van der Waals surface area (Å²) in [5.41, 5.74) is 0. The average molecular weight is 323 g/mol. The van der Waals surface area contributed by atoms with Crippen molar-refractivity contribution in [1.29, 1.82) is 0 Å². The highest BCUT2D eigenvalue weighted by Crippen LogP contribution is 1.85. The fourth-order valence-corrected chi connectivity index (χ4v) is 1.32. The van der Waals surface area contributed by atoms with Gasteiger partial charge in [0.2, 0.25) is 0 Å². The van der Waals surface area contributed by atoms with Crippen LogP contribution < -0.4 is 5.32 Å². The summed E-state index contributed by atoms with van der Waals surface area (Å²) in [7, 11) is 1.88. The lowest BCUT2D eigenvalue weighted by Gasteiger charge is -2.07. The van der Waals surface area contributed by atoms with Crippen LogP contribution in [0.25, 0.3) is 0 Å². The number of carboxylic acid groups (broad SMARTS) is 1. The topological polar surface area (TPSA) is 95.5 Å². The van der Waals surface area contributed by atoms with Crippen LogP contribution in [0, 0.1) is 0 Å². The second kappa shape index (κ2) is 18.3. The third-order valence-electron chi connectivity index (χ3n) is 2.44. The van der Waals surface area contributed by atoms with Crippen molar-refractivity contribution in [3.63, 3.8) is 0 Å². The van der Waals surface area contributed by atoms with Gasteiger partial charge in [0.25, 0.3) is 0 Å². The van der Waals surface area contributed by atoms with Crippen molar-refractivity contribution in [3.05, 3.63) is 0 Å². The van der Waals surface area contributed by atoms with E-state index >= 15 is 0 Å². The molecule has 0 aliphatic carbocycles. The Morgan fingerprint density at radius 3 is 1.45 bits per heavy atom. The lowest BCUT2D eigenvalue weighted by atomic mass is 10.5. The predicted octanol–water partition coefficient (Wildman–Crippen LogP) is -0.236. The smallest absolute Gasteiger partial charge is 0.305 e. The molecule has 0 saturated carbocycles. The monoisotopic (exact) mass is 323 g/mol. The molecule has 132 valence electrons. The van der Waals surface area contributed by atoms with E-state index < -0.39 is 5.97 Å². The molecule has 0 fully saturated rings. The number of nitrogens with one attached hydrogen (secondary N) is 1. The van der Waals surface area contributed by atoms with Gasteiger partial charge in [0.05, 0.1) is 72.5 Å². The molecule has 0 aliphatic rings. The molecule has 0 amide bonds. The second-order valence-corrected chi connectivity index (χ2v) is 4.31. The molecule has 0 rings (SSSR count). The van der Waals surface area contributed by atoms with E-state index in [1.807, 2.05) is 7.05 Å². The fourth-order valence-electron chi connectivity index (χ4n) is 1.32. The van der Waals surface area contributed by atoms with Crippen molar-refractivity contribution in [3.8, 4) is 0 Å². The van der Waals surface area contributed by atoms with Crippen LogP contribution in [0.1, 0.15) is 6.42 Å². The SMILES string of the molecule is CNCCOCCOCCOCCOCCOCCC(=O)O. The second-order valence-electron chi connectivity index (χ2n) is 4.31. The Kier molecular flexibility index (Phi) is 17.6. The maximum atomic E-state index is 10.2. The lowest BCUT2D eigenvalue weighted by Crippen LogP contribution is -2.17. The highest BCUT2D eigenvalue weighted by Gasteiger charge is 1.96. The molecule has 0 aromatic rings. The first-order chi connectivity index (χ1) is 10.8. The maximum absolute atomic E-state index is 10.2. The molecule has 8 heteroatoms. The fraction of sp³-hybridized carbons (Fsp3) is 0.929. The van der Waals surface area contributed by atoms with Gasteiger partial charge in [-0.1, -0.05) is 0 Å². The van der Waals surface area contributed by atoms with Crippen LogP contribution in [0.3, 0.4) is 0 Å². The molecule has 0 radical (unpaired) electrons. The molecule has 22 heavy (non-hydrogen) atoms. The van der Waals surface area contributed by atoms with Crippen LogP contribution in [-0.2, 0) is 28.5 Å². The molecule has 0 saturated heterocycles. The Morgan fingerprint density at radius 1 is 0.727 bits per heavy atom. The number of carboxylic acids is 1. The first-order valence-corrected chi connectivity index (χ1v) is 7.52. The van der Waals surface area contributed by atoms with Gasteiger partial charge < -0.3 is 34.1 Å². The Labute approximate surface area is 132 Å². The van der Waals surface area contributed by atoms with E-state index in [-0.39, 0.29) is 13.0 Å². The van der Waals surface area contributed by atoms with Crippen molar-refractivity contribution in [2.24, 2.45) is 0 Å². The van der Waals surface area contributed by atoms with E-state index in [0.717, 1.165) is 6.54 Å². The molecule has 0 spiro atoms. The number of hydrogen-bond acceptors (Lipinski definition) is 7. The number of rotatable bonds is 18. The minimum atomic E-state index is -0.860. The third kappa shape index (κ3) is 19.2. The number of aliphatic carboxylic acids is 1. The molecule has 2 N–H and O–H groups in total. The zero-order valence-electron chi connectivity index (χ0n) is 13.4. The van der Waals surface area contributed by atoms with Gasteiger partial charge in [0.1, 0.15) is 0 Å². The normalized spacial score (nSPS) is 11.0. The maximum Gasteiger partial charge on any atom is 0.305 e. The summed E-state index contributed by atoms with van der Waals surface area (Å²) >= 11 is 0. The van der Waals surface area contributed by atoms with Crippen LogP contribution in [0.4, 0.5) is 0 Å². The molecule has 0 unspecified atom stereocenters. The molecule has 0 heterocycles. The zero-order valence-corrected chi connectivity index (χ0v) is 13.4. The van der Waals surface area contributed by atoms with Crippen molar-refractivity contribution in [1.82, 2.24) is 5.32 Å². The number of ether oxygens (including phenoxy) is 5. The molecular weight excluding hydrogens is 294 g/mol. The Bertz CT molecular complexity index is 241. The van der Waals surface area contributed by atoms with Gasteiger partial charge in [-0.3, -0.25) is 4.79 Å². The van der Waals surface area contributed by atoms with Gasteiger partial charge in [-0.2, -0.15) is 0 Å². The Morgan fingerprint density at radius 2 is 1.09 bits per heavy atom.